The zero-order valence-electron chi connectivity index (χ0n) is 19.0. The van der Waals surface area contributed by atoms with E-state index in [1.54, 1.807) is 12.2 Å². The second-order valence-electron chi connectivity index (χ2n) is 7.64. The van der Waals surface area contributed by atoms with Crippen LogP contribution in [0, 0.1) is 0 Å². The zero-order valence-corrected chi connectivity index (χ0v) is 19.0. The summed E-state index contributed by atoms with van der Waals surface area (Å²) in [4.78, 5) is 0. The summed E-state index contributed by atoms with van der Waals surface area (Å²) < 4.78 is 19.0. The molecular formula is C30H32O3. The molecule has 0 N–H and O–H groups in total. The van der Waals surface area contributed by atoms with Gasteiger partial charge in [0.05, 0.1) is 19.8 Å². The smallest absolute Gasteiger partial charge is 0.117 e. The van der Waals surface area contributed by atoms with E-state index in [0.717, 1.165) is 16.7 Å². The molecule has 0 heterocycles. The minimum Gasteiger partial charge on any atom is -0.367 e. The fourth-order valence-corrected chi connectivity index (χ4v) is 3.42. The molecule has 0 saturated carbocycles. The summed E-state index contributed by atoms with van der Waals surface area (Å²) in [5.41, 5.74) is 3.27. The van der Waals surface area contributed by atoms with Gasteiger partial charge in [-0.2, -0.15) is 0 Å². The van der Waals surface area contributed by atoms with Crippen LogP contribution in [0.5, 0.6) is 0 Å². The molecule has 0 aromatic heterocycles. The summed E-state index contributed by atoms with van der Waals surface area (Å²) in [7, 11) is 0. The summed E-state index contributed by atoms with van der Waals surface area (Å²) in [6.07, 6.45) is 6.25. The SMILES string of the molecule is C=C/C=C/[C@@H](OCc1ccccc1)[C@H](OCc1ccccc1)[C@H](C=C)OCc1ccccc1. The molecule has 0 saturated heterocycles. The van der Waals surface area contributed by atoms with Crippen LogP contribution in [0.3, 0.4) is 0 Å². The van der Waals surface area contributed by atoms with Gasteiger partial charge in [0.1, 0.15) is 18.3 Å². The van der Waals surface area contributed by atoms with Crippen molar-refractivity contribution in [1.82, 2.24) is 0 Å². The Balaban J connectivity index is 1.79. The molecule has 0 unspecified atom stereocenters. The van der Waals surface area contributed by atoms with Gasteiger partial charge >= 0.3 is 0 Å². The van der Waals surface area contributed by atoms with Crippen LogP contribution in [0.1, 0.15) is 16.7 Å². The maximum Gasteiger partial charge on any atom is 0.117 e. The lowest BCUT2D eigenvalue weighted by Crippen LogP contribution is -2.40. The Kier molecular flexibility index (Phi) is 10.4. The van der Waals surface area contributed by atoms with E-state index in [2.05, 4.69) is 13.2 Å². The third-order valence-corrected chi connectivity index (χ3v) is 5.17. The van der Waals surface area contributed by atoms with E-state index >= 15 is 0 Å². The van der Waals surface area contributed by atoms with Crippen LogP contribution < -0.4 is 0 Å². The monoisotopic (exact) mass is 440 g/mol. The first kappa shape index (κ1) is 24.4. The van der Waals surface area contributed by atoms with Gasteiger partial charge in [0.15, 0.2) is 0 Å². The topological polar surface area (TPSA) is 27.7 Å². The quantitative estimate of drug-likeness (QED) is 0.207. The molecular weight excluding hydrogens is 408 g/mol. The highest BCUT2D eigenvalue weighted by Crippen LogP contribution is 2.20. The summed E-state index contributed by atoms with van der Waals surface area (Å²) >= 11 is 0. The van der Waals surface area contributed by atoms with E-state index in [4.69, 9.17) is 14.2 Å². The van der Waals surface area contributed by atoms with Crippen LogP contribution in [0.25, 0.3) is 0 Å². The predicted octanol–water partition coefficient (Wildman–Crippen LogP) is 6.67. The van der Waals surface area contributed by atoms with Gasteiger partial charge in [-0.15, -0.1) is 6.58 Å². The standard InChI is InChI=1S/C30H32O3/c1-3-5-21-29(32-23-26-17-11-7-12-18-26)30(33-24-27-19-13-8-14-20-27)28(4-2)31-22-25-15-9-6-10-16-25/h3-21,28-30H,1-2,22-24H2/b21-5+/t28-,29+,30+/m0/s1. The Labute approximate surface area is 197 Å². The number of hydrogen-bond donors (Lipinski definition) is 0. The highest BCUT2D eigenvalue weighted by Gasteiger charge is 2.29. The predicted molar refractivity (Wildman–Crippen MR) is 135 cm³/mol. The molecule has 0 bridgehead atoms. The van der Waals surface area contributed by atoms with Crippen molar-refractivity contribution in [3.8, 4) is 0 Å². The van der Waals surface area contributed by atoms with E-state index in [0.29, 0.717) is 19.8 Å². The fourth-order valence-electron chi connectivity index (χ4n) is 3.42. The Hall–Kier alpha value is -3.24. The average molecular weight is 441 g/mol. The van der Waals surface area contributed by atoms with Gasteiger partial charge in [-0.25, -0.2) is 0 Å². The molecule has 3 heteroatoms. The lowest BCUT2D eigenvalue weighted by Gasteiger charge is -2.31. The maximum atomic E-state index is 6.41. The van der Waals surface area contributed by atoms with E-state index in [1.807, 2.05) is 103 Å². The van der Waals surface area contributed by atoms with E-state index in [9.17, 15) is 0 Å². The van der Waals surface area contributed by atoms with Crippen LogP contribution in [0.4, 0.5) is 0 Å². The molecule has 170 valence electrons. The summed E-state index contributed by atoms with van der Waals surface area (Å²) in [6.45, 7) is 9.19. The Bertz CT molecular complexity index is 967. The molecule has 3 nitrogen and oxygen atoms in total. The van der Waals surface area contributed by atoms with Gasteiger partial charge in [0, 0.05) is 0 Å². The fraction of sp³-hybridized carbons (Fsp3) is 0.200. The third-order valence-electron chi connectivity index (χ3n) is 5.17. The first-order valence-corrected chi connectivity index (χ1v) is 11.2. The van der Waals surface area contributed by atoms with E-state index in [1.165, 1.54) is 0 Å². The first-order valence-electron chi connectivity index (χ1n) is 11.2. The molecule has 0 aliphatic carbocycles. The van der Waals surface area contributed by atoms with Crippen LogP contribution in [0.2, 0.25) is 0 Å². The molecule has 3 aromatic carbocycles. The van der Waals surface area contributed by atoms with Gasteiger partial charge in [-0.3, -0.25) is 0 Å². The largest absolute Gasteiger partial charge is 0.367 e. The normalized spacial score (nSPS) is 13.9. The van der Waals surface area contributed by atoms with Gasteiger partial charge in [0.25, 0.3) is 0 Å². The molecule has 0 amide bonds. The minimum atomic E-state index is -0.397. The van der Waals surface area contributed by atoms with Crippen LogP contribution in [0.15, 0.2) is 128 Å². The van der Waals surface area contributed by atoms with Crippen LogP contribution in [-0.4, -0.2) is 18.3 Å². The van der Waals surface area contributed by atoms with Crippen molar-refractivity contribution in [3.63, 3.8) is 0 Å². The summed E-state index contributed by atoms with van der Waals surface area (Å²) in [6, 6.07) is 30.3. The Morgan fingerprint density at radius 3 is 1.42 bits per heavy atom. The molecule has 33 heavy (non-hydrogen) atoms. The number of rotatable bonds is 14. The van der Waals surface area contributed by atoms with Crippen molar-refractivity contribution < 1.29 is 14.2 Å². The van der Waals surface area contributed by atoms with Crippen molar-refractivity contribution in [3.05, 3.63) is 145 Å². The van der Waals surface area contributed by atoms with Crippen LogP contribution >= 0.6 is 0 Å². The molecule has 3 aromatic rings. The van der Waals surface area contributed by atoms with Crippen molar-refractivity contribution in [2.75, 3.05) is 0 Å². The second-order valence-corrected chi connectivity index (χ2v) is 7.64. The van der Waals surface area contributed by atoms with Crippen molar-refractivity contribution >= 4 is 0 Å². The minimum absolute atomic E-state index is 0.356. The number of ether oxygens (including phenoxy) is 3. The van der Waals surface area contributed by atoms with Crippen molar-refractivity contribution in [2.45, 2.75) is 38.1 Å². The highest BCUT2D eigenvalue weighted by atomic mass is 16.6. The molecule has 3 rings (SSSR count). The summed E-state index contributed by atoms with van der Waals surface area (Å²) in [5, 5.41) is 0. The van der Waals surface area contributed by atoms with Gasteiger partial charge < -0.3 is 14.2 Å². The second kappa shape index (κ2) is 14.0. The maximum absolute atomic E-state index is 6.41. The molecule has 0 fully saturated rings. The highest BCUT2D eigenvalue weighted by molar-refractivity contribution is 5.16. The average Bonchev–Trinajstić information content (AvgIpc) is 2.88. The molecule has 0 spiro atoms. The van der Waals surface area contributed by atoms with Crippen molar-refractivity contribution in [2.24, 2.45) is 0 Å². The Morgan fingerprint density at radius 2 is 1.00 bits per heavy atom. The van der Waals surface area contributed by atoms with Gasteiger partial charge in [-0.1, -0.05) is 122 Å². The Morgan fingerprint density at radius 1 is 0.576 bits per heavy atom. The number of benzene rings is 3. The molecule has 0 radical (unpaired) electrons. The summed E-state index contributed by atoms with van der Waals surface area (Å²) in [5.74, 6) is 0. The molecule has 0 aliphatic heterocycles. The third kappa shape index (κ3) is 8.32. The molecule has 0 aliphatic rings. The zero-order chi connectivity index (χ0) is 23.1. The van der Waals surface area contributed by atoms with Gasteiger partial charge in [0.2, 0.25) is 0 Å². The lowest BCUT2D eigenvalue weighted by molar-refractivity contribution is -0.123. The van der Waals surface area contributed by atoms with Crippen LogP contribution in [-0.2, 0) is 34.0 Å². The van der Waals surface area contributed by atoms with E-state index < -0.39 is 6.10 Å². The van der Waals surface area contributed by atoms with Gasteiger partial charge in [-0.05, 0) is 16.7 Å². The number of hydrogen-bond acceptors (Lipinski definition) is 3. The number of allylic oxidation sites excluding steroid dienone is 2. The lowest BCUT2D eigenvalue weighted by atomic mass is 10.1. The molecule has 3 atom stereocenters. The van der Waals surface area contributed by atoms with Crippen molar-refractivity contribution in [1.29, 1.82) is 0 Å². The van der Waals surface area contributed by atoms with E-state index in [-0.39, 0.29) is 12.2 Å². The first-order chi connectivity index (χ1) is 16.3.